The molecule has 17 heavy (non-hydrogen) atoms. The van der Waals surface area contributed by atoms with Gasteiger partial charge in [0.1, 0.15) is 5.75 Å². The Balaban J connectivity index is 1.82. The summed E-state index contributed by atoms with van der Waals surface area (Å²) in [6.45, 7) is 2.45. The summed E-state index contributed by atoms with van der Waals surface area (Å²) in [5.74, 6) is 0.969. The van der Waals surface area contributed by atoms with Gasteiger partial charge in [0.25, 0.3) is 0 Å². The molecule has 0 amide bonds. The Labute approximate surface area is 105 Å². The number of hydrogen-bond acceptors (Lipinski definition) is 3. The molecule has 0 bridgehead atoms. The molecule has 0 spiro atoms. The molecule has 0 radical (unpaired) electrons. The van der Waals surface area contributed by atoms with Gasteiger partial charge < -0.3 is 4.74 Å². The number of hydrogen-bond donors (Lipinski definition) is 0. The van der Waals surface area contributed by atoms with Gasteiger partial charge in [-0.1, -0.05) is 18.2 Å². The Morgan fingerprint density at radius 2 is 2.18 bits per heavy atom. The quantitative estimate of drug-likeness (QED) is 0.752. The first-order valence-corrected chi connectivity index (χ1v) is 6.40. The second-order valence-corrected chi connectivity index (χ2v) is 4.76. The Morgan fingerprint density at radius 3 is 2.88 bits per heavy atom. The average molecular weight is 246 g/mol. The van der Waals surface area contributed by atoms with Gasteiger partial charge in [-0.05, 0) is 36.1 Å². The second kappa shape index (κ2) is 5.64. The lowest BCUT2D eigenvalue weighted by Crippen LogP contribution is -2.05. The number of Topliss-reactive ketones (excluding diaryl/α,β-unsaturated/α-hetero) is 1. The van der Waals surface area contributed by atoms with E-state index in [4.69, 9.17) is 4.74 Å². The summed E-state index contributed by atoms with van der Waals surface area (Å²) in [5.41, 5.74) is 1.16. The maximum atomic E-state index is 11.7. The van der Waals surface area contributed by atoms with E-state index in [2.05, 4.69) is 0 Å². The van der Waals surface area contributed by atoms with Crippen molar-refractivity contribution in [3.63, 3.8) is 0 Å². The predicted molar refractivity (Wildman–Crippen MR) is 69.9 cm³/mol. The molecule has 3 heteroatoms. The Hall–Kier alpha value is -1.61. The Bertz CT molecular complexity index is 489. The minimum absolute atomic E-state index is 0.146. The number of ether oxygens (including phenoxy) is 1. The van der Waals surface area contributed by atoms with Gasteiger partial charge >= 0.3 is 0 Å². The Morgan fingerprint density at radius 1 is 1.29 bits per heavy atom. The molecule has 0 unspecified atom stereocenters. The van der Waals surface area contributed by atoms with E-state index < -0.39 is 0 Å². The SMILES string of the molecule is Cc1cccc(OCCC(=O)c2cccs2)c1. The molecule has 0 aliphatic rings. The van der Waals surface area contributed by atoms with Gasteiger partial charge in [0, 0.05) is 6.42 Å². The largest absolute Gasteiger partial charge is 0.493 e. The maximum Gasteiger partial charge on any atom is 0.176 e. The summed E-state index contributed by atoms with van der Waals surface area (Å²) >= 11 is 1.47. The van der Waals surface area contributed by atoms with Gasteiger partial charge in [-0.25, -0.2) is 0 Å². The standard InChI is InChI=1S/C14H14O2S/c1-11-4-2-5-12(10-11)16-8-7-13(15)14-6-3-9-17-14/h2-6,9-10H,7-8H2,1H3. The zero-order valence-corrected chi connectivity index (χ0v) is 10.5. The van der Waals surface area contributed by atoms with Crippen molar-refractivity contribution >= 4 is 17.1 Å². The number of rotatable bonds is 5. The fraction of sp³-hybridized carbons (Fsp3) is 0.214. The molecule has 88 valence electrons. The molecule has 2 nitrogen and oxygen atoms in total. The number of ketones is 1. The minimum Gasteiger partial charge on any atom is -0.493 e. The molecule has 0 saturated heterocycles. The summed E-state index contributed by atoms with van der Waals surface area (Å²) in [4.78, 5) is 12.5. The van der Waals surface area contributed by atoms with E-state index >= 15 is 0 Å². The third kappa shape index (κ3) is 3.43. The lowest BCUT2D eigenvalue weighted by molar-refractivity contribution is 0.0966. The van der Waals surface area contributed by atoms with Crippen LogP contribution in [0.5, 0.6) is 5.75 Å². The summed E-state index contributed by atoms with van der Waals surface area (Å²) < 4.78 is 5.54. The van der Waals surface area contributed by atoms with Crippen molar-refractivity contribution in [3.05, 3.63) is 52.2 Å². The molecule has 0 aliphatic heterocycles. The van der Waals surface area contributed by atoms with E-state index in [1.54, 1.807) is 0 Å². The van der Waals surface area contributed by atoms with Crippen molar-refractivity contribution in [2.24, 2.45) is 0 Å². The van der Waals surface area contributed by atoms with E-state index in [0.29, 0.717) is 13.0 Å². The number of aryl methyl sites for hydroxylation is 1. The summed E-state index contributed by atoms with van der Waals surface area (Å²) in [5, 5.41) is 1.91. The molecular formula is C14H14O2S. The zero-order valence-electron chi connectivity index (χ0n) is 9.68. The monoisotopic (exact) mass is 246 g/mol. The highest BCUT2D eigenvalue weighted by atomic mass is 32.1. The number of carbonyl (C=O) groups excluding carboxylic acids is 1. The normalized spacial score (nSPS) is 10.2. The van der Waals surface area contributed by atoms with E-state index in [1.165, 1.54) is 11.3 Å². The third-order valence-corrected chi connectivity index (χ3v) is 3.29. The molecule has 1 heterocycles. The van der Waals surface area contributed by atoms with Gasteiger partial charge in [-0.2, -0.15) is 0 Å². The summed E-state index contributed by atoms with van der Waals surface area (Å²) in [6, 6.07) is 11.6. The molecule has 0 N–H and O–H groups in total. The molecule has 2 rings (SSSR count). The molecule has 1 aromatic carbocycles. The highest BCUT2D eigenvalue weighted by Crippen LogP contribution is 2.14. The van der Waals surface area contributed by atoms with Crippen LogP contribution in [0, 0.1) is 6.92 Å². The van der Waals surface area contributed by atoms with Crippen LogP contribution in [0.15, 0.2) is 41.8 Å². The van der Waals surface area contributed by atoms with E-state index in [-0.39, 0.29) is 5.78 Å². The average Bonchev–Trinajstić information content (AvgIpc) is 2.82. The summed E-state index contributed by atoms with van der Waals surface area (Å²) in [7, 11) is 0. The molecule has 0 saturated carbocycles. The lowest BCUT2D eigenvalue weighted by Gasteiger charge is -2.05. The van der Waals surface area contributed by atoms with Crippen molar-refractivity contribution in [1.29, 1.82) is 0 Å². The molecule has 0 fully saturated rings. The highest BCUT2D eigenvalue weighted by molar-refractivity contribution is 7.12. The van der Waals surface area contributed by atoms with Crippen molar-refractivity contribution in [2.75, 3.05) is 6.61 Å². The Kier molecular flexibility index (Phi) is 3.94. The second-order valence-electron chi connectivity index (χ2n) is 3.82. The van der Waals surface area contributed by atoms with Crippen molar-refractivity contribution in [2.45, 2.75) is 13.3 Å². The van der Waals surface area contributed by atoms with Crippen LogP contribution in [0.2, 0.25) is 0 Å². The van der Waals surface area contributed by atoms with Crippen LogP contribution in [0.3, 0.4) is 0 Å². The number of benzene rings is 1. The summed E-state index contributed by atoms with van der Waals surface area (Å²) in [6.07, 6.45) is 0.425. The molecule has 0 aliphatic carbocycles. The molecule has 1 aromatic heterocycles. The van der Waals surface area contributed by atoms with E-state index in [9.17, 15) is 4.79 Å². The minimum atomic E-state index is 0.146. The van der Waals surface area contributed by atoms with Crippen molar-refractivity contribution in [3.8, 4) is 5.75 Å². The highest BCUT2D eigenvalue weighted by Gasteiger charge is 2.06. The first kappa shape index (κ1) is 11.9. The lowest BCUT2D eigenvalue weighted by atomic mass is 10.2. The molecule has 2 aromatic rings. The van der Waals surface area contributed by atoms with Gasteiger partial charge in [0.2, 0.25) is 0 Å². The van der Waals surface area contributed by atoms with Gasteiger partial charge in [-0.15, -0.1) is 11.3 Å². The van der Waals surface area contributed by atoms with Crippen LogP contribution >= 0.6 is 11.3 Å². The smallest absolute Gasteiger partial charge is 0.176 e. The van der Waals surface area contributed by atoms with Gasteiger partial charge in [-0.3, -0.25) is 4.79 Å². The topological polar surface area (TPSA) is 26.3 Å². The third-order valence-electron chi connectivity index (χ3n) is 2.38. The van der Waals surface area contributed by atoms with Crippen LogP contribution in [0.1, 0.15) is 21.7 Å². The first-order chi connectivity index (χ1) is 8.25. The van der Waals surface area contributed by atoms with Gasteiger partial charge in [0.15, 0.2) is 5.78 Å². The van der Waals surface area contributed by atoms with Crippen LogP contribution in [-0.4, -0.2) is 12.4 Å². The zero-order chi connectivity index (χ0) is 12.1. The first-order valence-electron chi connectivity index (χ1n) is 5.52. The number of carbonyl (C=O) groups is 1. The van der Waals surface area contributed by atoms with Crippen LogP contribution in [0.4, 0.5) is 0 Å². The maximum absolute atomic E-state index is 11.7. The van der Waals surface area contributed by atoms with Crippen molar-refractivity contribution < 1.29 is 9.53 Å². The number of thiophene rings is 1. The predicted octanol–water partition coefficient (Wildman–Crippen LogP) is 3.71. The van der Waals surface area contributed by atoms with Crippen molar-refractivity contribution in [1.82, 2.24) is 0 Å². The van der Waals surface area contributed by atoms with Gasteiger partial charge in [0.05, 0.1) is 11.5 Å². The van der Waals surface area contributed by atoms with Crippen LogP contribution in [-0.2, 0) is 0 Å². The fourth-order valence-corrected chi connectivity index (χ4v) is 2.22. The van der Waals surface area contributed by atoms with E-state index in [1.807, 2.05) is 48.7 Å². The fourth-order valence-electron chi connectivity index (χ4n) is 1.53. The molecule has 0 atom stereocenters. The molecular weight excluding hydrogens is 232 g/mol. The van der Waals surface area contributed by atoms with Crippen LogP contribution in [0.25, 0.3) is 0 Å². The van der Waals surface area contributed by atoms with Crippen LogP contribution < -0.4 is 4.74 Å². The van der Waals surface area contributed by atoms with E-state index in [0.717, 1.165) is 16.2 Å².